The van der Waals surface area contributed by atoms with Crippen molar-refractivity contribution in [3.8, 4) is 0 Å². The van der Waals surface area contributed by atoms with Gasteiger partial charge in [0, 0.05) is 105 Å². The zero-order valence-corrected chi connectivity index (χ0v) is 40.1. The van der Waals surface area contributed by atoms with Gasteiger partial charge in [0.05, 0.1) is 11.8 Å². The van der Waals surface area contributed by atoms with Gasteiger partial charge in [-0.15, -0.1) is 0 Å². The molecule has 0 heterocycles. The summed E-state index contributed by atoms with van der Waals surface area (Å²) in [4.78, 5) is 104. The van der Waals surface area contributed by atoms with E-state index in [9.17, 15) is 58.8 Å². The second kappa shape index (κ2) is 27.1. The van der Waals surface area contributed by atoms with E-state index in [2.05, 4.69) is 31.9 Å². The summed E-state index contributed by atoms with van der Waals surface area (Å²) in [5.74, 6) is -6.65. The van der Waals surface area contributed by atoms with Crippen molar-refractivity contribution in [2.75, 3.05) is 63.2 Å². The molecular weight excluding hydrogens is 885 g/mol. The molecule has 376 valence electrons. The summed E-state index contributed by atoms with van der Waals surface area (Å²) in [6, 6.07) is 8.36. The van der Waals surface area contributed by atoms with Crippen LogP contribution in [-0.2, 0) is 28.7 Å². The number of hydrogen-bond donors (Lipinski definition) is 10. The minimum atomic E-state index is -1.10. The highest BCUT2D eigenvalue weighted by atomic mass is 16.6. The molecule has 2 aromatic rings. The fourth-order valence-electron chi connectivity index (χ4n) is 6.21. The number of hydrogen-bond acceptors (Lipinski definition) is 14. The molecule has 0 saturated heterocycles. The fourth-order valence-corrected chi connectivity index (χ4v) is 6.21. The summed E-state index contributed by atoms with van der Waals surface area (Å²) in [5, 5.41) is 53.5. The molecule has 2 aromatic carbocycles. The molecule has 1 fully saturated rings. The maximum atomic E-state index is 13.1. The number of rotatable bonds is 28. The molecule has 68 heavy (non-hydrogen) atoms. The molecule has 10 N–H and O–H groups in total. The Balaban J connectivity index is 1.53. The second-order valence-corrected chi connectivity index (χ2v) is 18.4. The number of ether oxygens (including phenoxy) is 2. The van der Waals surface area contributed by atoms with Crippen molar-refractivity contribution in [3.05, 3.63) is 58.7 Å². The van der Waals surface area contributed by atoms with Gasteiger partial charge < -0.3 is 61.8 Å². The highest BCUT2D eigenvalue weighted by Gasteiger charge is 2.58. The summed E-state index contributed by atoms with van der Waals surface area (Å²) in [6.45, 7) is 11.9. The van der Waals surface area contributed by atoms with Crippen LogP contribution in [0.3, 0.4) is 0 Å². The Morgan fingerprint density at radius 2 is 0.838 bits per heavy atom. The lowest BCUT2D eigenvalue weighted by atomic mass is 10.0. The third-order valence-corrected chi connectivity index (χ3v) is 11.3. The monoisotopic (exact) mass is 954 g/mol. The number of anilines is 2. The summed E-state index contributed by atoms with van der Waals surface area (Å²) in [5.41, 5.74) is -0.408. The molecule has 8 unspecified atom stereocenters. The van der Waals surface area contributed by atoms with Crippen molar-refractivity contribution in [1.29, 1.82) is 0 Å². The van der Waals surface area contributed by atoms with Crippen LogP contribution in [0, 0.1) is 35.5 Å². The van der Waals surface area contributed by atoms with E-state index >= 15 is 0 Å². The largest absolute Gasteiger partial charge is 0.458 e. The second-order valence-electron chi connectivity index (χ2n) is 18.4. The first-order valence-electron chi connectivity index (χ1n) is 23.0. The topological polar surface area (TPSA) is 308 Å². The van der Waals surface area contributed by atoms with Crippen LogP contribution >= 0.6 is 0 Å². The van der Waals surface area contributed by atoms with Crippen molar-refractivity contribution < 1.29 is 68.3 Å². The van der Waals surface area contributed by atoms with Gasteiger partial charge in [-0.2, -0.15) is 0 Å². The first-order valence-corrected chi connectivity index (χ1v) is 23.0. The molecule has 20 heteroatoms. The van der Waals surface area contributed by atoms with Crippen LogP contribution in [-0.4, -0.2) is 132 Å². The number of amides is 6. The van der Waals surface area contributed by atoms with Crippen molar-refractivity contribution in [2.45, 2.75) is 92.3 Å². The lowest BCUT2D eigenvalue weighted by Gasteiger charge is -2.18. The zero-order chi connectivity index (χ0) is 50.7. The molecule has 0 aliphatic heterocycles. The average Bonchev–Trinajstić information content (AvgIpc) is 3.96. The van der Waals surface area contributed by atoms with E-state index in [4.69, 9.17) is 9.47 Å². The van der Waals surface area contributed by atoms with E-state index in [-0.39, 0.29) is 142 Å². The van der Waals surface area contributed by atoms with Gasteiger partial charge in [-0.25, -0.2) is 0 Å². The van der Waals surface area contributed by atoms with Gasteiger partial charge in [0.15, 0.2) is 0 Å². The summed E-state index contributed by atoms with van der Waals surface area (Å²) in [6.07, 6.45) is -0.581. The summed E-state index contributed by atoms with van der Waals surface area (Å²) >= 11 is 0. The van der Waals surface area contributed by atoms with Gasteiger partial charge in [0.2, 0.25) is 11.8 Å². The molecule has 0 radical (unpaired) electrons. The highest BCUT2D eigenvalue weighted by molar-refractivity contribution is 6.04. The van der Waals surface area contributed by atoms with Crippen LogP contribution < -0.4 is 31.9 Å². The molecule has 1 aliphatic rings. The minimum absolute atomic E-state index is 0.0791. The quantitative estimate of drug-likeness (QED) is 0.0547. The molecule has 0 bridgehead atoms. The Morgan fingerprint density at radius 1 is 0.529 bits per heavy atom. The van der Waals surface area contributed by atoms with Gasteiger partial charge >= 0.3 is 11.9 Å². The zero-order valence-electron chi connectivity index (χ0n) is 40.1. The van der Waals surface area contributed by atoms with E-state index in [1.807, 2.05) is 0 Å². The minimum Gasteiger partial charge on any atom is -0.458 e. The normalized spacial score (nSPS) is 17.7. The number of benzene rings is 2. The molecule has 20 nitrogen and oxygen atoms in total. The first kappa shape index (κ1) is 56.4. The lowest BCUT2D eigenvalue weighted by molar-refractivity contribution is -0.163. The molecule has 0 aromatic heterocycles. The standard InChI is InChI=1S/C48H70N6O14/c1-27(23-55)19-49-42(61)33-12-34(43(62)50-20-28(2)24-56)15-37(14-33)53-40(59)10-8-31(5)46(65)67-39-18-48(39,7)68-47(66)32(6)9-11-41(60)54-38-16-35(44(63)51-21-29(3)25-57)13-36(17-38)45(64)52-22-30(4)26-58/h12-17,27-32,39,55-58H,8-11,18-26H2,1-7H3,(H,49,61)(H,50,62)(H,51,63)(H,52,64)(H,53,59)(H,54,60). The Hall–Kier alpha value is -5.96. The number of aliphatic hydroxyl groups is 4. The van der Waals surface area contributed by atoms with Crippen LogP contribution in [0.2, 0.25) is 0 Å². The number of aliphatic hydroxyl groups excluding tert-OH is 4. The maximum absolute atomic E-state index is 13.1. The lowest BCUT2D eigenvalue weighted by Crippen LogP contribution is -2.31. The fraction of sp³-hybridized carbons (Fsp3) is 0.583. The number of nitrogens with one attached hydrogen (secondary N) is 6. The molecule has 6 amide bonds. The summed E-state index contributed by atoms with van der Waals surface area (Å²) < 4.78 is 11.3. The van der Waals surface area contributed by atoms with Gasteiger partial charge in [0.1, 0.15) is 11.7 Å². The van der Waals surface area contributed by atoms with Crippen LogP contribution in [0.15, 0.2) is 36.4 Å². The third kappa shape index (κ3) is 18.6. The predicted octanol–water partition coefficient (Wildman–Crippen LogP) is 2.15. The number of carbonyl (C=O) groups excluding carboxylic acids is 8. The molecular formula is C48H70N6O14. The Morgan fingerprint density at radius 3 is 1.15 bits per heavy atom. The van der Waals surface area contributed by atoms with Gasteiger partial charge in [-0.05, 0) is 79.8 Å². The first-order chi connectivity index (χ1) is 32.1. The average molecular weight is 955 g/mol. The molecule has 1 aliphatic carbocycles. The van der Waals surface area contributed by atoms with Crippen LogP contribution in [0.4, 0.5) is 11.4 Å². The predicted molar refractivity (Wildman–Crippen MR) is 250 cm³/mol. The van der Waals surface area contributed by atoms with Crippen LogP contribution in [0.25, 0.3) is 0 Å². The van der Waals surface area contributed by atoms with E-state index in [1.165, 1.54) is 36.4 Å². The van der Waals surface area contributed by atoms with Gasteiger partial charge in [-0.3, -0.25) is 38.4 Å². The highest BCUT2D eigenvalue weighted by Crippen LogP contribution is 2.43. The molecule has 1 saturated carbocycles. The molecule has 0 spiro atoms. The van der Waals surface area contributed by atoms with Crippen molar-refractivity contribution >= 4 is 58.8 Å². The van der Waals surface area contributed by atoms with Crippen molar-refractivity contribution in [3.63, 3.8) is 0 Å². The van der Waals surface area contributed by atoms with Crippen molar-refractivity contribution in [2.24, 2.45) is 35.5 Å². The Bertz CT molecular complexity index is 2010. The Labute approximate surface area is 397 Å². The van der Waals surface area contributed by atoms with Crippen LogP contribution in [0.1, 0.15) is 122 Å². The Kier molecular flexibility index (Phi) is 22.5. The molecule has 8 atom stereocenters. The van der Waals surface area contributed by atoms with Crippen molar-refractivity contribution in [1.82, 2.24) is 21.3 Å². The summed E-state index contributed by atoms with van der Waals surface area (Å²) in [7, 11) is 0. The molecule has 3 rings (SSSR count). The van der Waals surface area contributed by atoms with E-state index in [1.54, 1.807) is 48.5 Å². The smallest absolute Gasteiger partial charge is 0.309 e. The van der Waals surface area contributed by atoms with Gasteiger partial charge in [-0.1, -0.05) is 41.5 Å². The SMILES string of the molecule is CC(CO)CNC(=O)c1cc(NC(=O)CCC(C)C(=O)OC2CC2(C)OC(=O)C(C)CCC(=O)Nc2cc(C(=O)NCC(C)CO)cc(C(=O)NCC(C)CO)c2)cc(C(=O)NCC(C)CO)c1. The maximum Gasteiger partial charge on any atom is 0.309 e. The van der Waals surface area contributed by atoms with E-state index in [0.717, 1.165) is 0 Å². The van der Waals surface area contributed by atoms with Crippen LogP contribution in [0.5, 0.6) is 0 Å². The van der Waals surface area contributed by atoms with E-state index < -0.39 is 70.9 Å². The third-order valence-electron chi connectivity index (χ3n) is 11.3. The van der Waals surface area contributed by atoms with E-state index in [0.29, 0.717) is 0 Å². The number of esters is 2. The number of carbonyl (C=O) groups is 8. The van der Waals surface area contributed by atoms with Gasteiger partial charge in [0.25, 0.3) is 23.6 Å².